The molecule has 0 bridgehead atoms. The maximum Gasteiger partial charge on any atom is 0.0304 e. The summed E-state index contributed by atoms with van der Waals surface area (Å²) >= 11 is 0. The summed E-state index contributed by atoms with van der Waals surface area (Å²) in [5, 5.41) is 3.76. The minimum absolute atomic E-state index is 0.404. The first-order valence-corrected chi connectivity index (χ1v) is 6.68. The molecule has 15 heavy (non-hydrogen) atoms. The molecule has 1 atom stereocenters. The van der Waals surface area contributed by atoms with Crippen LogP contribution in [0.1, 0.15) is 46.5 Å². The zero-order chi connectivity index (χ0) is 10.9. The van der Waals surface area contributed by atoms with E-state index in [2.05, 4.69) is 31.0 Å². The Balaban J connectivity index is 1.95. The molecule has 88 valence electrons. The van der Waals surface area contributed by atoms with Gasteiger partial charge in [0.2, 0.25) is 0 Å². The van der Waals surface area contributed by atoms with Crippen LogP contribution in [0.5, 0.6) is 0 Å². The second-order valence-corrected chi connectivity index (χ2v) is 5.59. The Kier molecular flexibility index (Phi) is 3.36. The van der Waals surface area contributed by atoms with Crippen LogP contribution >= 0.6 is 0 Å². The van der Waals surface area contributed by atoms with Gasteiger partial charge in [0.05, 0.1) is 0 Å². The van der Waals surface area contributed by atoms with E-state index >= 15 is 0 Å². The van der Waals surface area contributed by atoms with Crippen LogP contribution in [0.4, 0.5) is 0 Å². The lowest BCUT2D eigenvalue weighted by atomic mass is 9.88. The number of hydrogen-bond donors (Lipinski definition) is 1. The Morgan fingerprint density at radius 2 is 1.93 bits per heavy atom. The fraction of sp³-hybridized carbons (Fsp3) is 1.00. The molecule has 2 aliphatic rings. The van der Waals surface area contributed by atoms with Gasteiger partial charge in [-0.3, -0.25) is 4.90 Å². The van der Waals surface area contributed by atoms with Gasteiger partial charge in [0.1, 0.15) is 0 Å². The molecule has 2 heteroatoms. The minimum Gasteiger partial charge on any atom is -0.308 e. The third kappa shape index (κ3) is 2.54. The predicted molar refractivity (Wildman–Crippen MR) is 65.1 cm³/mol. The van der Waals surface area contributed by atoms with Gasteiger partial charge in [-0.15, -0.1) is 0 Å². The molecule has 2 rings (SSSR count). The first-order chi connectivity index (χ1) is 7.19. The Morgan fingerprint density at radius 3 is 2.47 bits per heavy atom. The number of rotatable bonds is 4. The molecule has 1 N–H and O–H groups in total. The Morgan fingerprint density at radius 1 is 1.27 bits per heavy atom. The molecule has 1 heterocycles. The van der Waals surface area contributed by atoms with Crippen molar-refractivity contribution in [3.8, 4) is 0 Å². The van der Waals surface area contributed by atoms with Crippen molar-refractivity contribution in [2.45, 2.75) is 58.0 Å². The second-order valence-electron chi connectivity index (χ2n) is 5.59. The first-order valence-electron chi connectivity index (χ1n) is 6.68. The molecule has 0 aromatic rings. The molecule has 0 aromatic heterocycles. The molecular weight excluding hydrogens is 184 g/mol. The van der Waals surface area contributed by atoms with Crippen LogP contribution in [0.25, 0.3) is 0 Å². The normalized spacial score (nSPS) is 31.8. The highest BCUT2D eigenvalue weighted by atomic mass is 15.3. The third-order valence-electron chi connectivity index (χ3n) is 4.44. The van der Waals surface area contributed by atoms with Crippen molar-refractivity contribution >= 4 is 0 Å². The molecule has 2 fully saturated rings. The lowest BCUT2D eigenvalue weighted by molar-refractivity contribution is 0.0769. The minimum atomic E-state index is 0.404. The zero-order valence-electron chi connectivity index (χ0n) is 10.6. The smallest absolute Gasteiger partial charge is 0.0304 e. The van der Waals surface area contributed by atoms with Crippen molar-refractivity contribution in [1.82, 2.24) is 10.2 Å². The van der Waals surface area contributed by atoms with Crippen molar-refractivity contribution < 1.29 is 0 Å². The van der Waals surface area contributed by atoms with E-state index in [-0.39, 0.29) is 0 Å². The Hall–Kier alpha value is -0.0800. The highest BCUT2D eigenvalue weighted by molar-refractivity contribution is 4.96. The van der Waals surface area contributed by atoms with E-state index in [1.807, 2.05) is 0 Å². The molecule has 0 radical (unpaired) electrons. The van der Waals surface area contributed by atoms with Crippen molar-refractivity contribution in [3.05, 3.63) is 0 Å². The lowest BCUT2D eigenvalue weighted by Crippen LogP contribution is -2.63. The zero-order valence-corrected chi connectivity index (χ0v) is 10.6. The van der Waals surface area contributed by atoms with Gasteiger partial charge in [-0.1, -0.05) is 13.8 Å². The van der Waals surface area contributed by atoms with Crippen molar-refractivity contribution in [3.63, 3.8) is 0 Å². The van der Waals surface area contributed by atoms with Crippen LogP contribution < -0.4 is 5.32 Å². The van der Waals surface area contributed by atoms with Crippen LogP contribution in [-0.2, 0) is 0 Å². The molecule has 0 spiro atoms. The van der Waals surface area contributed by atoms with Crippen molar-refractivity contribution in [2.75, 3.05) is 19.6 Å². The lowest BCUT2D eigenvalue weighted by Gasteiger charge is -2.46. The van der Waals surface area contributed by atoms with E-state index in [1.54, 1.807) is 0 Å². The van der Waals surface area contributed by atoms with Gasteiger partial charge in [0.25, 0.3) is 0 Å². The summed E-state index contributed by atoms with van der Waals surface area (Å²) in [6.45, 7) is 10.8. The van der Waals surface area contributed by atoms with E-state index in [0.717, 1.165) is 12.0 Å². The summed E-state index contributed by atoms with van der Waals surface area (Å²) in [5.41, 5.74) is 0.404. The standard InChI is InChI=1S/C13H26N2/c1-4-13(5-2)10-15(9-12-6-7-12)11(3)8-14-13/h11-12,14H,4-10H2,1-3H3. The SMILES string of the molecule is CCC1(CC)CN(CC2CC2)C(C)CN1. The molecule has 1 aliphatic heterocycles. The summed E-state index contributed by atoms with van der Waals surface area (Å²) in [7, 11) is 0. The molecule has 1 aliphatic carbocycles. The van der Waals surface area contributed by atoms with Gasteiger partial charge in [-0.05, 0) is 38.5 Å². The van der Waals surface area contributed by atoms with Crippen molar-refractivity contribution in [1.29, 1.82) is 0 Å². The Bertz CT molecular complexity index is 207. The quantitative estimate of drug-likeness (QED) is 0.765. The van der Waals surface area contributed by atoms with Gasteiger partial charge in [0.15, 0.2) is 0 Å². The van der Waals surface area contributed by atoms with Gasteiger partial charge in [-0.2, -0.15) is 0 Å². The summed E-state index contributed by atoms with van der Waals surface area (Å²) in [6.07, 6.45) is 5.47. The molecule has 1 saturated carbocycles. The van der Waals surface area contributed by atoms with Gasteiger partial charge >= 0.3 is 0 Å². The first kappa shape index (κ1) is 11.4. The van der Waals surface area contributed by atoms with Crippen LogP contribution in [0.15, 0.2) is 0 Å². The number of piperazine rings is 1. The maximum atomic E-state index is 3.76. The number of nitrogens with one attached hydrogen (secondary N) is 1. The van der Waals surface area contributed by atoms with E-state index < -0.39 is 0 Å². The highest BCUT2D eigenvalue weighted by Crippen LogP contribution is 2.32. The van der Waals surface area contributed by atoms with Gasteiger partial charge in [0, 0.05) is 31.2 Å². The maximum absolute atomic E-state index is 3.76. The van der Waals surface area contributed by atoms with Crippen LogP contribution in [0.2, 0.25) is 0 Å². The molecule has 0 amide bonds. The Labute approximate surface area is 94.4 Å². The molecule has 2 nitrogen and oxygen atoms in total. The van der Waals surface area contributed by atoms with Crippen molar-refractivity contribution in [2.24, 2.45) is 5.92 Å². The van der Waals surface area contributed by atoms with E-state index in [9.17, 15) is 0 Å². The highest BCUT2D eigenvalue weighted by Gasteiger charge is 2.37. The topological polar surface area (TPSA) is 15.3 Å². The molecule has 1 unspecified atom stereocenters. The van der Waals surface area contributed by atoms with Crippen LogP contribution in [0.3, 0.4) is 0 Å². The van der Waals surface area contributed by atoms with Crippen LogP contribution in [-0.4, -0.2) is 36.1 Å². The summed E-state index contributed by atoms with van der Waals surface area (Å²) in [4.78, 5) is 2.72. The number of hydrogen-bond acceptors (Lipinski definition) is 2. The monoisotopic (exact) mass is 210 g/mol. The summed E-state index contributed by atoms with van der Waals surface area (Å²) < 4.78 is 0. The van der Waals surface area contributed by atoms with Gasteiger partial charge < -0.3 is 5.32 Å². The second kappa shape index (κ2) is 4.42. The van der Waals surface area contributed by atoms with E-state index in [4.69, 9.17) is 0 Å². The van der Waals surface area contributed by atoms with Crippen LogP contribution in [0, 0.1) is 5.92 Å². The number of nitrogens with zero attached hydrogens (tertiary/aromatic N) is 1. The van der Waals surface area contributed by atoms with Gasteiger partial charge in [-0.25, -0.2) is 0 Å². The molecular formula is C13H26N2. The average Bonchev–Trinajstić information content (AvgIpc) is 3.06. The van der Waals surface area contributed by atoms with E-state index in [0.29, 0.717) is 5.54 Å². The third-order valence-corrected chi connectivity index (χ3v) is 4.44. The largest absolute Gasteiger partial charge is 0.308 e. The average molecular weight is 210 g/mol. The molecule has 0 aromatic carbocycles. The summed E-state index contributed by atoms with van der Waals surface area (Å²) in [5.74, 6) is 1.02. The fourth-order valence-corrected chi connectivity index (χ4v) is 2.69. The molecule has 1 saturated heterocycles. The fourth-order valence-electron chi connectivity index (χ4n) is 2.69. The summed E-state index contributed by atoms with van der Waals surface area (Å²) in [6, 6.07) is 0.733. The predicted octanol–water partition coefficient (Wildman–Crippen LogP) is 2.25. The van der Waals surface area contributed by atoms with E-state index in [1.165, 1.54) is 45.3 Å².